The second kappa shape index (κ2) is 10.8. The van der Waals surface area contributed by atoms with Crippen molar-refractivity contribution in [3.63, 3.8) is 0 Å². The Kier molecular flexibility index (Phi) is 8.03. The summed E-state index contributed by atoms with van der Waals surface area (Å²) >= 11 is 0. The summed E-state index contributed by atoms with van der Waals surface area (Å²) < 4.78 is 11.9. The fraction of sp³-hybridized carbons (Fsp3) is 0.833. The number of aliphatic hydroxyl groups excluding tert-OH is 4. The summed E-state index contributed by atoms with van der Waals surface area (Å²) in [6.07, 6.45) is 2.50. The Morgan fingerprint density at radius 3 is 2.17 bits per heavy atom. The van der Waals surface area contributed by atoms with Gasteiger partial charge in [-0.15, -0.1) is 0 Å². The lowest BCUT2D eigenvalue weighted by Crippen LogP contribution is -2.66. The van der Waals surface area contributed by atoms with Gasteiger partial charge in [-0.1, -0.05) is 46.8 Å². The van der Waals surface area contributed by atoms with E-state index in [0.717, 1.165) is 31.3 Å². The van der Waals surface area contributed by atoms with Crippen LogP contribution in [0.25, 0.3) is 0 Å². The molecule has 0 radical (unpaired) electrons. The van der Waals surface area contributed by atoms with Gasteiger partial charge in [-0.3, -0.25) is 9.59 Å². The molecule has 4 fully saturated rings. The molecule has 0 spiro atoms. The fourth-order valence-electron chi connectivity index (χ4n) is 11.5. The zero-order valence-corrected chi connectivity index (χ0v) is 28.2. The van der Waals surface area contributed by atoms with Crippen LogP contribution in [-0.2, 0) is 19.1 Å². The SMILES string of the molecule is CC1(C)CC[C@]2(C(=O)O)CC[C@]3(C)C(=C2C1)C=C[C@@H]1[C@@]2(C)CC[C@H](O[C@@H]4O[C@H](CO)[C@@H](O)[C@H](O)[C@H]4O)[C@@](C)(C(=O)O)[C@@H]2CC[C@]13C. The third-order valence-electron chi connectivity index (χ3n) is 14.6. The number of fused-ring (bicyclic) bond motifs is 6. The van der Waals surface area contributed by atoms with E-state index in [2.05, 4.69) is 46.8 Å². The summed E-state index contributed by atoms with van der Waals surface area (Å²) in [6.45, 7) is 12.5. The average molecular weight is 647 g/mol. The maximum Gasteiger partial charge on any atom is 0.313 e. The predicted octanol–water partition coefficient (Wildman–Crippen LogP) is 4.04. The number of hydrogen-bond donors (Lipinski definition) is 6. The summed E-state index contributed by atoms with van der Waals surface area (Å²) in [5, 5.41) is 62.4. The van der Waals surface area contributed by atoms with Crippen LogP contribution >= 0.6 is 0 Å². The van der Waals surface area contributed by atoms with E-state index in [-0.39, 0.29) is 28.1 Å². The summed E-state index contributed by atoms with van der Waals surface area (Å²) in [6, 6.07) is 0. The number of ether oxygens (including phenoxy) is 2. The number of carboxylic acids is 2. The van der Waals surface area contributed by atoms with E-state index in [4.69, 9.17) is 9.47 Å². The second-order valence-electron chi connectivity index (χ2n) is 17.3. The maximum absolute atomic E-state index is 13.3. The van der Waals surface area contributed by atoms with E-state index in [1.807, 2.05) is 0 Å². The number of carboxylic acid groups (broad SMARTS) is 2. The Morgan fingerprint density at radius 2 is 1.54 bits per heavy atom. The lowest BCUT2D eigenvalue weighted by Gasteiger charge is -2.69. The van der Waals surface area contributed by atoms with Gasteiger partial charge in [0.05, 0.1) is 23.5 Å². The van der Waals surface area contributed by atoms with Gasteiger partial charge in [-0.05, 0) is 109 Å². The number of allylic oxidation sites excluding steroid dienone is 3. The Hall–Kier alpha value is -1.82. The third-order valence-corrected chi connectivity index (χ3v) is 14.6. The van der Waals surface area contributed by atoms with Gasteiger partial charge in [-0.25, -0.2) is 0 Å². The molecule has 3 saturated carbocycles. The Morgan fingerprint density at radius 1 is 0.870 bits per heavy atom. The molecule has 0 bridgehead atoms. The monoisotopic (exact) mass is 646 g/mol. The van der Waals surface area contributed by atoms with E-state index in [9.17, 15) is 40.2 Å². The molecule has 1 aliphatic heterocycles. The van der Waals surface area contributed by atoms with E-state index in [0.29, 0.717) is 32.1 Å². The van der Waals surface area contributed by atoms with Crippen LogP contribution in [0, 0.1) is 44.3 Å². The highest BCUT2D eigenvalue weighted by Crippen LogP contribution is 2.74. The number of hydrogen-bond acceptors (Lipinski definition) is 8. The molecule has 1 heterocycles. The molecule has 0 aromatic carbocycles. The molecule has 1 saturated heterocycles. The van der Waals surface area contributed by atoms with Crippen molar-refractivity contribution in [2.45, 2.75) is 136 Å². The third kappa shape index (κ3) is 4.42. The Labute approximate surface area is 271 Å². The first-order valence-electron chi connectivity index (χ1n) is 17.2. The van der Waals surface area contributed by atoms with Crippen LogP contribution in [0.4, 0.5) is 0 Å². The standard InChI is InChI=1S/C36H54O10/c1-31(2)13-15-36(30(43)44)16-14-33(4)19(20(36)17-31)7-8-22-32(3)11-10-24(35(6,29(41)42)23(32)9-12-34(22,33)5)46-28-27(40)26(39)25(38)21(18-37)45-28/h7-8,21-28,37-40H,9-18H2,1-6H3,(H,41,42)(H,43,44)/t21-,22-,23-,24+,25-,26+,27-,28+,32-,33-,34-,35+,36+/m1/s1. The van der Waals surface area contributed by atoms with E-state index in [1.54, 1.807) is 6.92 Å². The molecule has 6 rings (SSSR count). The molecule has 10 nitrogen and oxygen atoms in total. The number of rotatable bonds is 5. The van der Waals surface area contributed by atoms with Crippen molar-refractivity contribution in [3.8, 4) is 0 Å². The fourth-order valence-corrected chi connectivity index (χ4v) is 11.5. The van der Waals surface area contributed by atoms with Crippen molar-refractivity contribution in [1.82, 2.24) is 0 Å². The molecule has 0 aromatic heterocycles. The topological polar surface area (TPSA) is 174 Å². The van der Waals surface area contributed by atoms with Gasteiger partial charge in [0.25, 0.3) is 0 Å². The van der Waals surface area contributed by atoms with Gasteiger partial charge in [0.2, 0.25) is 0 Å². The molecule has 0 amide bonds. The van der Waals surface area contributed by atoms with Crippen LogP contribution in [0.2, 0.25) is 0 Å². The summed E-state index contributed by atoms with van der Waals surface area (Å²) in [4.78, 5) is 26.2. The van der Waals surface area contributed by atoms with Crippen molar-refractivity contribution in [1.29, 1.82) is 0 Å². The van der Waals surface area contributed by atoms with Gasteiger partial charge < -0.3 is 40.1 Å². The molecule has 13 atom stereocenters. The molecular formula is C36H54O10. The smallest absolute Gasteiger partial charge is 0.313 e. The van der Waals surface area contributed by atoms with E-state index < -0.39 is 71.6 Å². The molecule has 0 aromatic rings. The molecular weight excluding hydrogens is 592 g/mol. The van der Waals surface area contributed by atoms with Crippen LogP contribution in [0.3, 0.4) is 0 Å². The quantitative estimate of drug-likeness (QED) is 0.239. The zero-order chi connectivity index (χ0) is 33.8. The lowest BCUT2D eigenvalue weighted by atomic mass is 9.35. The van der Waals surface area contributed by atoms with Gasteiger partial charge in [0, 0.05) is 0 Å². The average Bonchev–Trinajstić information content (AvgIpc) is 2.98. The van der Waals surface area contributed by atoms with Crippen molar-refractivity contribution in [3.05, 3.63) is 23.3 Å². The maximum atomic E-state index is 13.3. The van der Waals surface area contributed by atoms with Crippen LogP contribution in [0.1, 0.15) is 99.3 Å². The molecule has 46 heavy (non-hydrogen) atoms. The Balaban J connectivity index is 1.37. The molecule has 6 aliphatic rings. The minimum absolute atomic E-state index is 0.0252. The van der Waals surface area contributed by atoms with Crippen molar-refractivity contribution in [2.24, 2.45) is 44.3 Å². The molecule has 5 aliphatic carbocycles. The lowest BCUT2D eigenvalue weighted by molar-refractivity contribution is -0.328. The highest BCUT2D eigenvalue weighted by Gasteiger charge is 2.70. The minimum atomic E-state index is -1.61. The highest BCUT2D eigenvalue weighted by molar-refractivity contribution is 5.80. The van der Waals surface area contributed by atoms with Crippen molar-refractivity contribution < 1.29 is 49.7 Å². The molecule has 0 unspecified atom stereocenters. The molecule has 6 N–H and O–H groups in total. The first kappa shape index (κ1) is 34.1. The first-order chi connectivity index (χ1) is 21.3. The van der Waals surface area contributed by atoms with E-state index >= 15 is 0 Å². The minimum Gasteiger partial charge on any atom is -0.481 e. The predicted molar refractivity (Wildman–Crippen MR) is 167 cm³/mol. The summed E-state index contributed by atoms with van der Waals surface area (Å²) in [7, 11) is 0. The second-order valence-corrected chi connectivity index (χ2v) is 17.3. The van der Waals surface area contributed by atoms with Crippen LogP contribution < -0.4 is 0 Å². The van der Waals surface area contributed by atoms with E-state index in [1.165, 1.54) is 5.57 Å². The number of carbonyl (C=O) groups is 2. The normalized spacial score (nSPS) is 51.3. The van der Waals surface area contributed by atoms with Crippen LogP contribution in [0.5, 0.6) is 0 Å². The first-order valence-corrected chi connectivity index (χ1v) is 17.2. The van der Waals surface area contributed by atoms with Crippen LogP contribution in [0.15, 0.2) is 23.3 Å². The zero-order valence-electron chi connectivity index (χ0n) is 28.2. The molecule has 258 valence electrons. The summed E-state index contributed by atoms with van der Waals surface area (Å²) in [5.74, 6) is -1.94. The number of aliphatic carboxylic acids is 2. The van der Waals surface area contributed by atoms with Crippen LogP contribution in [-0.4, -0.2) is 86.0 Å². The summed E-state index contributed by atoms with van der Waals surface area (Å²) in [5.41, 5.74) is -0.734. The van der Waals surface area contributed by atoms with Crippen molar-refractivity contribution >= 4 is 11.9 Å². The van der Waals surface area contributed by atoms with Crippen molar-refractivity contribution in [2.75, 3.05) is 6.61 Å². The number of aliphatic hydroxyl groups is 4. The molecule has 10 heteroatoms. The largest absolute Gasteiger partial charge is 0.481 e. The van der Waals surface area contributed by atoms with Gasteiger partial charge in [0.1, 0.15) is 24.4 Å². The van der Waals surface area contributed by atoms with Gasteiger partial charge in [-0.2, -0.15) is 0 Å². The highest BCUT2D eigenvalue weighted by atomic mass is 16.7. The Bertz CT molecular complexity index is 1340. The van der Waals surface area contributed by atoms with Gasteiger partial charge in [0.15, 0.2) is 6.29 Å². The van der Waals surface area contributed by atoms with Gasteiger partial charge >= 0.3 is 11.9 Å².